The monoisotopic (exact) mass is 243 g/mol. The molecule has 2 saturated heterocycles. The lowest BCUT2D eigenvalue weighted by molar-refractivity contribution is -0.141. The molecule has 2 fully saturated rings. The fraction of sp³-hybridized carbons (Fsp3) is 0.429. The second-order valence-electron chi connectivity index (χ2n) is 4.71. The Balaban J connectivity index is 1.75. The van der Waals surface area contributed by atoms with Crippen molar-refractivity contribution < 1.29 is 14.3 Å². The highest BCUT2D eigenvalue weighted by molar-refractivity contribution is 5.77. The lowest BCUT2D eigenvalue weighted by Gasteiger charge is -2.20. The molecule has 0 amide bonds. The number of ether oxygens (including phenoxy) is 2. The lowest BCUT2D eigenvalue weighted by atomic mass is 9.80. The minimum Gasteiger partial charge on any atom is -0.426 e. The quantitative estimate of drug-likeness (QED) is 0.588. The molecule has 2 heterocycles. The van der Waals surface area contributed by atoms with Gasteiger partial charge in [-0.3, -0.25) is 4.79 Å². The highest BCUT2D eigenvalue weighted by Gasteiger charge is 2.53. The summed E-state index contributed by atoms with van der Waals surface area (Å²) in [6, 6.07) is 11.1. The number of carbonyl (C=O) groups excluding carboxylic acids is 1. The predicted molar refractivity (Wildman–Crippen MR) is 62.6 cm³/mol. The normalized spacial score (nSPS) is 33.1. The Morgan fingerprint density at radius 1 is 1.28 bits per heavy atom. The first-order chi connectivity index (χ1) is 8.79. The molecule has 92 valence electrons. The van der Waals surface area contributed by atoms with Gasteiger partial charge in [0.05, 0.1) is 24.2 Å². The summed E-state index contributed by atoms with van der Waals surface area (Å²) in [6.07, 6.45) is 1.49. The third kappa shape index (κ3) is 1.77. The molecule has 4 nitrogen and oxygen atoms in total. The molecule has 0 N–H and O–H groups in total. The molecule has 0 aromatic heterocycles. The number of rotatable bonds is 2. The maximum absolute atomic E-state index is 12.1. The number of hydrogen-bond acceptors (Lipinski definition) is 4. The molecule has 0 saturated carbocycles. The van der Waals surface area contributed by atoms with Crippen LogP contribution in [0.15, 0.2) is 30.3 Å². The Morgan fingerprint density at radius 3 is 2.72 bits per heavy atom. The summed E-state index contributed by atoms with van der Waals surface area (Å²) in [7, 11) is 0. The highest BCUT2D eigenvalue weighted by Crippen LogP contribution is 2.43. The fourth-order valence-electron chi connectivity index (χ4n) is 2.81. The number of fused-ring (bicyclic) bond motifs is 2. The predicted octanol–water partition coefficient (Wildman–Crippen LogP) is 1.91. The Hall–Kier alpha value is -1.86. The van der Waals surface area contributed by atoms with Gasteiger partial charge < -0.3 is 9.47 Å². The van der Waals surface area contributed by atoms with Crippen LogP contribution in [0.5, 0.6) is 5.75 Å². The standard InChI is InChI=1S/C14H13NO3/c15-8-10-11-6-7-12(18-11)13(10)14(16)17-9-4-2-1-3-5-9/h1-5,10-13H,6-7H2/t10-,11-,12-,13-/m0/s1. The SMILES string of the molecule is N#C[C@@H]1[C@H](C(=O)Oc2ccccc2)[C@@H]2CC[C@@H]1O2. The zero-order valence-corrected chi connectivity index (χ0v) is 9.78. The third-order valence-electron chi connectivity index (χ3n) is 3.66. The van der Waals surface area contributed by atoms with Crippen molar-refractivity contribution in [2.24, 2.45) is 11.8 Å². The number of hydrogen-bond donors (Lipinski definition) is 0. The Bertz CT molecular complexity index is 494. The van der Waals surface area contributed by atoms with E-state index in [9.17, 15) is 4.79 Å². The molecule has 0 radical (unpaired) electrons. The van der Waals surface area contributed by atoms with Gasteiger partial charge in [-0.05, 0) is 25.0 Å². The van der Waals surface area contributed by atoms with Gasteiger partial charge in [-0.1, -0.05) is 18.2 Å². The number of para-hydroxylation sites is 1. The molecular weight excluding hydrogens is 230 g/mol. The summed E-state index contributed by atoms with van der Waals surface area (Å²) < 4.78 is 10.9. The van der Waals surface area contributed by atoms with Crippen LogP contribution in [0.1, 0.15) is 12.8 Å². The average molecular weight is 243 g/mol. The molecule has 3 rings (SSSR count). The van der Waals surface area contributed by atoms with Gasteiger partial charge in [-0.25, -0.2) is 0 Å². The summed E-state index contributed by atoms with van der Waals surface area (Å²) in [5.41, 5.74) is 0. The van der Waals surface area contributed by atoms with Crippen LogP contribution in [0.2, 0.25) is 0 Å². The molecule has 0 unspecified atom stereocenters. The van der Waals surface area contributed by atoms with Gasteiger partial charge in [0.2, 0.25) is 0 Å². The van der Waals surface area contributed by atoms with Crippen molar-refractivity contribution in [3.05, 3.63) is 30.3 Å². The lowest BCUT2D eigenvalue weighted by Crippen LogP contribution is -2.35. The third-order valence-corrected chi connectivity index (χ3v) is 3.66. The van der Waals surface area contributed by atoms with E-state index in [4.69, 9.17) is 14.7 Å². The summed E-state index contributed by atoms with van der Waals surface area (Å²) in [6.45, 7) is 0. The molecule has 0 spiro atoms. The number of carbonyl (C=O) groups is 1. The molecule has 4 atom stereocenters. The van der Waals surface area contributed by atoms with Crippen molar-refractivity contribution in [2.45, 2.75) is 25.0 Å². The van der Waals surface area contributed by atoms with Crippen molar-refractivity contribution in [1.82, 2.24) is 0 Å². The van der Waals surface area contributed by atoms with Crippen molar-refractivity contribution in [1.29, 1.82) is 5.26 Å². The van der Waals surface area contributed by atoms with E-state index in [0.29, 0.717) is 5.75 Å². The number of nitrogens with zero attached hydrogens (tertiary/aromatic N) is 1. The smallest absolute Gasteiger partial charge is 0.318 e. The summed E-state index contributed by atoms with van der Waals surface area (Å²) in [5.74, 6) is -0.629. The summed E-state index contributed by atoms with van der Waals surface area (Å²) in [5, 5.41) is 9.14. The van der Waals surface area contributed by atoms with Gasteiger partial charge in [0, 0.05) is 0 Å². The van der Waals surface area contributed by atoms with E-state index in [1.807, 2.05) is 18.2 Å². The number of esters is 1. The topological polar surface area (TPSA) is 59.3 Å². The zero-order valence-electron chi connectivity index (χ0n) is 9.78. The van der Waals surface area contributed by atoms with Gasteiger partial charge in [0.15, 0.2) is 0 Å². The van der Waals surface area contributed by atoms with Crippen LogP contribution in [0.25, 0.3) is 0 Å². The first-order valence-electron chi connectivity index (χ1n) is 6.11. The zero-order chi connectivity index (χ0) is 12.5. The van der Waals surface area contributed by atoms with Gasteiger partial charge >= 0.3 is 5.97 Å². The first-order valence-corrected chi connectivity index (χ1v) is 6.11. The average Bonchev–Trinajstić information content (AvgIpc) is 2.99. The summed E-state index contributed by atoms with van der Waals surface area (Å²) in [4.78, 5) is 12.1. The second-order valence-corrected chi connectivity index (χ2v) is 4.71. The van der Waals surface area contributed by atoms with Gasteiger partial charge in [-0.15, -0.1) is 0 Å². The Kier molecular flexibility index (Phi) is 2.77. The van der Waals surface area contributed by atoms with Gasteiger partial charge in [0.25, 0.3) is 0 Å². The molecule has 1 aromatic rings. The van der Waals surface area contributed by atoms with E-state index in [-0.39, 0.29) is 24.1 Å². The van der Waals surface area contributed by atoms with Crippen LogP contribution in [0.4, 0.5) is 0 Å². The molecule has 18 heavy (non-hydrogen) atoms. The van der Waals surface area contributed by atoms with Crippen LogP contribution in [0.3, 0.4) is 0 Å². The van der Waals surface area contributed by atoms with E-state index in [0.717, 1.165) is 12.8 Å². The molecule has 0 aliphatic carbocycles. The largest absolute Gasteiger partial charge is 0.426 e. The maximum atomic E-state index is 12.1. The van der Waals surface area contributed by atoms with Crippen LogP contribution in [-0.2, 0) is 9.53 Å². The number of benzene rings is 1. The van der Waals surface area contributed by atoms with Crippen LogP contribution in [0, 0.1) is 23.2 Å². The summed E-state index contributed by atoms with van der Waals surface area (Å²) >= 11 is 0. The highest BCUT2D eigenvalue weighted by atomic mass is 16.5. The second kappa shape index (κ2) is 4.43. The van der Waals surface area contributed by atoms with E-state index in [2.05, 4.69) is 6.07 Å². The van der Waals surface area contributed by atoms with E-state index in [1.165, 1.54) is 0 Å². The Morgan fingerprint density at radius 2 is 2.00 bits per heavy atom. The molecule has 4 heteroatoms. The van der Waals surface area contributed by atoms with Crippen LogP contribution < -0.4 is 4.74 Å². The van der Waals surface area contributed by atoms with Crippen molar-refractivity contribution in [3.63, 3.8) is 0 Å². The molecule has 2 aliphatic heterocycles. The van der Waals surface area contributed by atoms with Crippen molar-refractivity contribution in [2.75, 3.05) is 0 Å². The molecule has 1 aromatic carbocycles. The minimum atomic E-state index is -0.436. The molecule has 2 bridgehead atoms. The van der Waals surface area contributed by atoms with Crippen LogP contribution in [-0.4, -0.2) is 18.2 Å². The van der Waals surface area contributed by atoms with E-state index in [1.54, 1.807) is 12.1 Å². The molecular formula is C14H13NO3. The molecule has 2 aliphatic rings. The minimum absolute atomic E-state index is 0.0895. The number of nitriles is 1. The van der Waals surface area contributed by atoms with Crippen molar-refractivity contribution in [3.8, 4) is 11.8 Å². The first kappa shape index (κ1) is 11.2. The Labute approximate surface area is 105 Å². The van der Waals surface area contributed by atoms with Gasteiger partial charge in [0.1, 0.15) is 11.7 Å². The maximum Gasteiger partial charge on any atom is 0.318 e. The fourth-order valence-corrected chi connectivity index (χ4v) is 2.81. The van der Waals surface area contributed by atoms with E-state index >= 15 is 0 Å². The van der Waals surface area contributed by atoms with Crippen molar-refractivity contribution >= 4 is 5.97 Å². The van der Waals surface area contributed by atoms with Gasteiger partial charge in [-0.2, -0.15) is 5.26 Å². The van der Waals surface area contributed by atoms with Crippen LogP contribution >= 0.6 is 0 Å². The van der Waals surface area contributed by atoms with E-state index < -0.39 is 5.92 Å².